The van der Waals surface area contributed by atoms with Crippen molar-refractivity contribution >= 4 is 21.7 Å². The van der Waals surface area contributed by atoms with Gasteiger partial charge in [-0.1, -0.05) is 12.1 Å². The molecule has 156 valence electrons. The number of aryl methyl sites for hydroxylation is 1. The second-order valence-corrected chi connectivity index (χ2v) is 8.79. The Bertz CT molecular complexity index is 1210. The fraction of sp³-hybridized carbons (Fsp3) is 0.250. The molecule has 1 aliphatic heterocycles. The molecule has 1 amide bonds. The summed E-state index contributed by atoms with van der Waals surface area (Å²) in [6.45, 7) is 2.27. The van der Waals surface area contributed by atoms with Crippen molar-refractivity contribution < 1.29 is 17.9 Å². The van der Waals surface area contributed by atoms with E-state index in [0.717, 1.165) is 5.56 Å². The lowest BCUT2D eigenvalue weighted by molar-refractivity contribution is 0.102. The number of imidazole rings is 1. The highest BCUT2D eigenvalue weighted by Gasteiger charge is 2.34. The number of methoxy groups -OCH3 is 1. The van der Waals surface area contributed by atoms with Crippen LogP contribution in [0, 0.1) is 6.92 Å². The van der Waals surface area contributed by atoms with Crippen LogP contribution < -0.4 is 5.32 Å². The Morgan fingerprint density at radius 2 is 2.03 bits per heavy atom. The number of amides is 1. The van der Waals surface area contributed by atoms with E-state index in [2.05, 4.69) is 15.3 Å². The van der Waals surface area contributed by atoms with Gasteiger partial charge in [-0.05, 0) is 36.8 Å². The molecule has 9 nitrogen and oxygen atoms in total. The zero-order valence-electron chi connectivity index (χ0n) is 16.6. The molecule has 3 heterocycles. The molecular formula is C20H21N5O4S. The summed E-state index contributed by atoms with van der Waals surface area (Å²) < 4.78 is 34.5. The van der Waals surface area contributed by atoms with Crippen LogP contribution in [0.15, 0.2) is 53.8 Å². The Balaban J connectivity index is 1.78. The van der Waals surface area contributed by atoms with Crippen molar-refractivity contribution in [2.75, 3.05) is 25.6 Å². The summed E-state index contributed by atoms with van der Waals surface area (Å²) in [5.41, 5.74) is 2.03. The summed E-state index contributed by atoms with van der Waals surface area (Å²) in [4.78, 5) is 21.5. The topological polar surface area (TPSA) is 106 Å². The van der Waals surface area contributed by atoms with Gasteiger partial charge in [0.05, 0.1) is 24.5 Å². The number of rotatable bonds is 5. The van der Waals surface area contributed by atoms with Gasteiger partial charge in [0.1, 0.15) is 17.0 Å². The number of benzene rings is 1. The van der Waals surface area contributed by atoms with Crippen molar-refractivity contribution in [3.05, 3.63) is 65.9 Å². The maximum absolute atomic E-state index is 13.2. The summed E-state index contributed by atoms with van der Waals surface area (Å²) in [6.07, 6.45) is 3.08. The predicted molar refractivity (Wildman–Crippen MR) is 110 cm³/mol. The number of ether oxygens (including phenoxy) is 1. The van der Waals surface area contributed by atoms with Crippen LogP contribution in [0.3, 0.4) is 0 Å². The molecule has 0 saturated carbocycles. The highest BCUT2D eigenvalue weighted by Crippen LogP contribution is 2.31. The second kappa shape index (κ2) is 7.98. The maximum Gasteiger partial charge on any atom is 0.277 e. The van der Waals surface area contributed by atoms with Crippen LogP contribution in [0.5, 0.6) is 0 Å². The second-order valence-electron chi connectivity index (χ2n) is 6.88. The van der Waals surface area contributed by atoms with Crippen molar-refractivity contribution in [1.82, 2.24) is 18.8 Å². The summed E-state index contributed by atoms with van der Waals surface area (Å²) in [7, 11) is -2.27. The minimum Gasteiger partial charge on any atom is -0.383 e. The Hall–Kier alpha value is -3.08. The zero-order valence-corrected chi connectivity index (χ0v) is 17.4. The number of pyridine rings is 1. The molecule has 0 saturated heterocycles. The Morgan fingerprint density at radius 3 is 2.80 bits per heavy atom. The number of para-hydroxylation sites is 1. The predicted octanol–water partition coefficient (Wildman–Crippen LogP) is 1.98. The van der Waals surface area contributed by atoms with Crippen LogP contribution in [0.4, 0.5) is 5.82 Å². The highest BCUT2D eigenvalue weighted by molar-refractivity contribution is 7.89. The van der Waals surface area contributed by atoms with E-state index >= 15 is 0 Å². The van der Waals surface area contributed by atoms with Gasteiger partial charge in [-0.3, -0.25) is 9.36 Å². The molecule has 0 spiro atoms. The first-order valence-corrected chi connectivity index (χ1v) is 10.7. The van der Waals surface area contributed by atoms with Gasteiger partial charge < -0.3 is 10.1 Å². The third-order valence-electron chi connectivity index (χ3n) is 4.85. The fourth-order valence-electron chi connectivity index (χ4n) is 3.36. The third-order valence-corrected chi connectivity index (χ3v) is 6.74. The minimum atomic E-state index is -3.78. The van der Waals surface area contributed by atoms with Crippen molar-refractivity contribution in [2.45, 2.75) is 18.4 Å². The SMILES string of the molecule is COCCN1Cc2c(C(=O)Nc3cc(C)ccn3)ncn2-c2ccccc2S1(=O)=O. The van der Waals surface area contributed by atoms with Crippen LogP contribution in [-0.2, 0) is 21.3 Å². The third kappa shape index (κ3) is 3.60. The lowest BCUT2D eigenvalue weighted by Crippen LogP contribution is -2.33. The number of nitrogens with one attached hydrogen (secondary N) is 1. The van der Waals surface area contributed by atoms with Crippen LogP contribution in [0.25, 0.3) is 5.69 Å². The molecule has 0 aliphatic carbocycles. The van der Waals surface area contributed by atoms with E-state index in [4.69, 9.17) is 4.74 Å². The standard InChI is InChI=1S/C20H21N5O4S/c1-14-7-8-21-18(11-14)23-20(26)19-16-12-24(9-10-29-2)30(27,28)17-6-4-3-5-15(17)25(16)13-22-19/h3-8,11,13H,9-10,12H2,1-2H3,(H,21,23,26). The number of nitrogens with zero attached hydrogens (tertiary/aromatic N) is 4. The molecule has 1 aromatic carbocycles. The number of carbonyl (C=O) groups excluding carboxylic acids is 1. The molecule has 1 aliphatic rings. The maximum atomic E-state index is 13.2. The molecule has 30 heavy (non-hydrogen) atoms. The van der Waals surface area contributed by atoms with E-state index in [-0.39, 0.29) is 30.3 Å². The van der Waals surface area contributed by atoms with Gasteiger partial charge in [0.2, 0.25) is 10.0 Å². The minimum absolute atomic E-state index is 0.00955. The molecule has 1 N–H and O–H groups in total. The lowest BCUT2D eigenvalue weighted by Gasteiger charge is -2.19. The normalized spacial score (nSPS) is 15.1. The van der Waals surface area contributed by atoms with Gasteiger partial charge in [0.25, 0.3) is 5.91 Å². The number of fused-ring (bicyclic) bond motifs is 3. The number of anilines is 1. The van der Waals surface area contributed by atoms with Gasteiger partial charge >= 0.3 is 0 Å². The number of aromatic nitrogens is 3. The number of hydrogen-bond donors (Lipinski definition) is 1. The van der Waals surface area contributed by atoms with Crippen LogP contribution in [0.2, 0.25) is 0 Å². The van der Waals surface area contributed by atoms with Crippen molar-refractivity contribution in [1.29, 1.82) is 0 Å². The van der Waals surface area contributed by atoms with Crippen LogP contribution in [-0.4, -0.2) is 53.4 Å². The van der Waals surface area contributed by atoms with Crippen molar-refractivity contribution in [2.24, 2.45) is 0 Å². The van der Waals surface area contributed by atoms with E-state index < -0.39 is 15.9 Å². The van der Waals surface area contributed by atoms with E-state index in [1.54, 1.807) is 41.1 Å². The molecule has 0 fully saturated rings. The average Bonchev–Trinajstić information content (AvgIpc) is 3.11. The fourth-order valence-corrected chi connectivity index (χ4v) is 4.93. The Labute approximate surface area is 174 Å². The molecule has 2 aromatic heterocycles. The number of carbonyl (C=O) groups is 1. The summed E-state index contributed by atoms with van der Waals surface area (Å²) in [6, 6.07) is 10.2. The van der Waals surface area contributed by atoms with Gasteiger partial charge in [0, 0.05) is 19.9 Å². The largest absolute Gasteiger partial charge is 0.383 e. The van der Waals surface area contributed by atoms with Gasteiger partial charge in [0.15, 0.2) is 5.69 Å². The molecule has 0 unspecified atom stereocenters. The molecule has 10 heteroatoms. The van der Waals surface area contributed by atoms with Crippen molar-refractivity contribution in [3.63, 3.8) is 0 Å². The molecular weight excluding hydrogens is 406 g/mol. The summed E-state index contributed by atoms with van der Waals surface area (Å²) >= 11 is 0. The summed E-state index contributed by atoms with van der Waals surface area (Å²) in [5.74, 6) is -0.0510. The smallest absolute Gasteiger partial charge is 0.277 e. The van der Waals surface area contributed by atoms with Gasteiger partial charge in [-0.15, -0.1) is 0 Å². The van der Waals surface area contributed by atoms with Crippen LogP contribution in [0.1, 0.15) is 21.7 Å². The highest BCUT2D eigenvalue weighted by atomic mass is 32.2. The number of sulfonamides is 1. The molecule has 0 bridgehead atoms. The van der Waals surface area contributed by atoms with Crippen LogP contribution >= 0.6 is 0 Å². The first kappa shape index (κ1) is 20.2. The first-order valence-electron chi connectivity index (χ1n) is 9.30. The summed E-state index contributed by atoms with van der Waals surface area (Å²) in [5, 5.41) is 2.74. The molecule has 0 atom stereocenters. The van der Waals surface area contributed by atoms with E-state index in [9.17, 15) is 13.2 Å². The average molecular weight is 427 g/mol. The molecule has 0 radical (unpaired) electrons. The van der Waals surface area contributed by atoms with Gasteiger partial charge in [-0.2, -0.15) is 4.31 Å². The van der Waals surface area contributed by atoms with E-state index in [0.29, 0.717) is 17.2 Å². The first-order chi connectivity index (χ1) is 14.4. The monoisotopic (exact) mass is 427 g/mol. The quantitative estimate of drug-likeness (QED) is 0.667. The molecule has 4 rings (SSSR count). The lowest BCUT2D eigenvalue weighted by atomic mass is 10.2. The van der Waals surface area contributed by atoms with E-state index in [1.165, 1.54) is 17.7 Å². The molecule has 3 aromatic rings. The Kier molecular flexibility index (Phi) is 5.37. The van der Waals surface area contributed by atoms with Gasteiger partial charge in [-0.25, -0.2) is 18.4 Å². The number of hydrogen-bond acceptors (Lipinski definition) is 6. The van der Waals surface area contributed by atoms with Crippen molar-refractivity contribution in [3.8, 4) is 5.69 Å². The van der Waals surface area contributed by atoms with E-state index in [1.807, 2.05) is 13.0 Å². The zero-order chi connectivity index (χ0) is 21.3. The Morgan fingerprint density at radius 1 is 1.23 bits per heavy atom.